The van der Waals surface area contributed by atoms with Crippen molar-refractivity contribution in [3.63, 3.8) is 0 Å². The molecule has 0 radical (unpaired) electrons. The van der Waals surface area contributed by atoms with E-state index in [4.69, 9.17) is 16.3 Å². The third kappa shape index (κ3) is 4.20. The summed E-state index contributed by atoms with van der Waals surface area (Å²) in [5.41, 5.74) is 1.55. The van der Waals surface area contributed by atoms with Crippen LogP contribution < -0.4 is 5.32 Å². The van der Waals surface area contributed by atoms with Crippen LogP contribution in [0.4, 0.5) is 4.79 Å². The van der Waals surface area contributed by atoms with Gasteiger partial charge in [0, 0.05) is 0 Å². The first kappa shape index (κ1) is 14.3. The maximum atomic E-state index is 11.7. The zero-order chi connectivity index (χ0) is 14.4. The zero-order valence-corrected chi connectivity index (χ0v) is 11.7. The minimum atomic E-state index is -0.502. The van der Waals surface area contributed by atoms with Gasteiger partial charge in [0.2, 0.25) is 0 Å². The van der Waals surface area contributed by atoms with E-state index in [2.05, 4.69) is 15.3 Å². The largest absolute Gasteiger partial charge is 0.445 e. The highest BCUT2D eigenvalue weighted by Gasteiger charge is 2.12. The number of hydrogen-bond acceptors (Lipinski definition) is 4. The van der Waals surface area contributed by atoms with Gasteiger partial charge in [-0.05, 0) is 12.5 Å². The fourth-order valence-electron chi connectivity index (χ4n) is 1.56. The molecule has 1 N–H and O–H groups in total. The van der Waals surface area contributed by atoms with Crippen LogP contribution >= 0.6 is 11.6 Å². The van der Waals surface area contributed by atoms with Crippen LogP contribution in [0.2, 0.25) is 5.15 Å². The van der Waals surface area contributed by atoms with Crippen molar-refractivity contribution >= 4 is 17.7 Å². The molecule has 1 heterocycles. The van der Waals surface area contributed by atoms with Gasteiger partial charge in [-0.15, -0.1) is 0 Å². The third-order valence-corrected chi connectivity index (χ3v) is 2.83. The van der Waals surface area contributed by atoms with Gasteiger partial charge in [0.15, 0.2) is 0 Å². The smallest absolute Gasteiger partial charge is 0.407 e. The number of carbonyl (C=O) groups excluding carboxylic acids is 1. The molecule has 0 aliphatic rings. The molecule has 6 heteroatoms. The predicted molar refractivity (Wildman–Crippen MR) is 75.2 cm³/mol. The van der Waals surface area contributed by atoms with E-state index in [0.717, 1.165) is 5.56 Å². The normalized spacial score (nSPS) is 11.7. The highest BCUT2D eigenvalue weighted by atomic mass is 35.5. The van der Waals surface area contributed by atoms with Gasteiger partial charge in [-0.25, -0.2) is 9.78 Å². The van der Waals surface area contributed by atoms with Crippen LogP contribution in [-0.2, 0) is 11.3 Å². The summed E-state index contributed by atoms with van der Waals surface area (Å²) in [6.07, 6.45) is 2.45. The average Bonchev–Trinajstić information content (AvgIpc) is 2.47. The van der Waals surface area contributed by atoms with Gasteiger partial charge in [-0.2, -0.15) is 0 Å². The van der Waals surface area contributed by atoms with E-state index in [1.165, 1.54) is 12.4 Å². The summed E-state index contributed by atoms with van der Waals surface area (Å²) in [6, 6.07) is 9.17. The summed E-state index contributed by atoms with van der Waals surface area (Å²) in [4.78, 5) is 19.7. The fraction of sp³-hybridized carbons (Fsp3) is 0.214. The second kappa shape index (κ2) is 6.86. The van der Waals surface area contributed by atoms with Gasteiger partial charge in [0.05, 0.1) is 24.1 Å². The lowest BCUT2D eigenvalue weighted by atomic mass is 10.2. The zero-order valence-electron chi connectivity index (χ0n) is 10.9. The molecule has 0 saturated heterocycles. The van der Waals surface area contributed by atoms with Crippen LogP contribution in [0.3, 0.4) is 0 Å². The van der Waals surface area contributed by atoms with Gasteiger partial charge in [-0.1, -0.05) is 41.9 Å². The quantitative estimate of drug-likeness (QED) is 0.940. The summed E-state index contributed by atoms with van der Waals surface area (Å²) < 4.78 is 5.12. The van der Waals surface area contributed by atoms with Crippen molar-refractivity contribution in [2.24, 2.45) is 0 Å². The molecule has 0 saturated carbocycles. The number of halogens is 1. The molecule has 1 amide bonds. The molecule has 2 aromatic rings. The Morgan fingerprint density at radius 2 is 2.05 bits per heavy atom. The summed E-state index contributed by atoms with van der Waals surface area (Å²) in [5, 5.41) is 2.99. The Labute approximate surface area is 122 Å². The van der Waals surface area contributed by atoms with Crippen LogP contribution in [-0.4, -0.2) is 16.1 Å². The van der Waals surface area contributed by atoms with Crippen LogP contribution in [0.1, 0.15) is 24.2 Å². The van der Waals surface area contributed by atoms with E-state index in [0.29, 0.717) is 10.8 Å². The molecular formula is C14H14ClN3O2. The van der Waals surface area contributed by atoms with Gasteiger partial charge >= 0.3 is 6.09 Å². The topological polar surface area (TPSA) is 64.1 Å². The van der Waals surface area contributed by atoms with Crippen molar-refractivity contribution in [3.05, 3.63) is 59.1 Å². The Balaban J connectivity index is 1.83. The maximum Gasteiger partial charge on any atom is 0.407 e. The van der Waals surface area contributed by atoms with Crippen molar-refractivity contribution in [1.82, 2.24) is 15.3 Å². The Bertz CT molecular complexity index is 560. The molecule has 5 nitrogen and oxygen atoms in total. The number of hydrogen-bond donors (Lipinski definition) is 1. The molecule has 1 unspecified atom stereocenters. The first-order valence-corrected chi connectivity index (χ1v) is 6.47. The number of nitrogens with zero attached hydrogens (tertiary/aromatic N) is 2. The number of alkyl carbamates (subject to hydrolysis) is 1. The number of carbonyl (C=O) groups is 1. The number of benzene rings is 1. The van der Waals surface area contributed by atoms with Crippen molar-refractivity contribution in [2.75, 3.05) is 0 Å². The first-order chi connectivity index (χ1) is 9.65. The lowest BCUT2D eigenvalue weighted by Gasteiger charge is -2.13. The van der Waals surface area contributed by atoms with Crippen molar-refractivity contribution in [3.8, 4) is 0 Å². The number of rotatable bonds is 4. The second-order valence-electron chi connectivity index (χ2n) is 4.19. The van der Waals surface area contributed by atoms with Gasteiger partial charge < -0.3 is 10.1 Å². The second-order valence-corrected chi connectivity index (χ2v) is 4.58. The average molecular weight is 292 g/mol. The van der Waals surface area contributed by atoms with Crippen LogP contribution in [0.5, 0.6) is 0 Å². The molecule has 1 aromatic heterocycles. The van der Waals surface area contributed by atoms with Gasteiger partial charge in [0.1, 0.15) is 11.8 Å². The van der Waals surface area contributed by atoms with E-state index in [-0.39, 0.29) is 12.6 Å². The van der Waals surface area contributed by atoms with Crippen molar-refractivity contribution in [1.29, 1.82) is 0 Å². The molecule has 0 spiro atoms. The molecule has 20 heavy (non-hydrogen) atoms. The molecule has 0 bridgehead atoms. The van der Waals surface area contributed by atoms with Gasteiger partial charge in [-0.3, -0.25) is 4.98 Å². The summed E-state index contributed by atoms with van der Waals surface area (Å²) in [7, 11) is 0. The number of aromatic nitrogens is 2. The Kier molecular flexibility index (Phi) is 4.90. The Hall–Kier alpha value is -2.14. The molecule has 104 valence electrons. The molecule has 2 rings (SSSR count). The maximum absolute atomic E-state index is 11.7. The molecule has 1 aromatic carbocycles. The first-order valence-electron chi connectivity index (χ1n) is 6.10. The molecular weight excluding hydrogens is 278 g/mol. The minimum absolute atomic E-state index is 0.228. The SMILES string of the molecule is CC(NC(=O)OCc1ccccc1)c1cnc(Cl)cn1. The van der Waals surface area contributed by atoms with Crippen molar-refractivity contribution in [2.45, 2.75) is 19.6 Å². The number of ether oxygens (including phenoxy) is 1. The number of amides is 1. The summed E-state index contributed by atoms with van der Waals surface area (Å²) >= 11 is 5.65. The monoisotopic (exact) mass is 291 g/mol. The van der Waals surface area contributed by atoms with Crippen molar-refractivity contribution < 1.29 is 9.53 Å². The van der Waals surface area contributed by atoms with Crippen LogP contribution in [0, 0.1) is 0 Å². The van der Waals surface area contributed by atoms with E-state index in [1.807, 2.05) is 30.3 Å². The molecule has 0 fully saturated rings. The highest BCUT2D eigenvalue weighted by molar-refractivity contribution is 6.29. The number of nitrogens with one attached hydrogen (secondary N) is 1. The van der Waals surface area contributed by atoms with Crippen LogP contribution in [0.25, 0.3) is 0 Å². The summed E-state index contributed by atoms with van der Waals surface area (Å²) in [6.45, 7) is 2.02. The van der Waals surface area contributed by atoms with Crippen LogP contribution in [0.15, 0.2) is 42.7 Å². The lowest BCUT2D eigenvalue weighted by molar-refractivity contribution is 0.136. The fourth-order valence-corrected chi connectivity index (χ4v) is 1.66. The highest BCUT2D eigenvalue weighted by Crippen LogP contribution is 2.10. The minimum Gasteiger partial charge on any atom is -0.445 e. The lowest BCUT2D eigenvalue weighted by Crippen LogP contribution is -2.27. The Morgan fingerprint density at radius 3 is 2.70 bits per heavy atom. The third-order valence-electron chi connectivity index (χ3n) is 2.63. The standard InChI is InChI=1S/C14H14ClN3O2/c1-10(12-7-17-13(15)8-16-12)18-14(19)20-9-11-5-3-2-4-6-11/h2-8,10H,9H2,1H3,(H,18,19). The molecule has 1 atom stereocenters. The Morgan fingerprint density at radius 1 is 1.30 bits per heavy atom. The van der Waals surface area contributed by atoms with E-state index in [9.17, 15) is 4.79 Å². The predicted octanol–water partition coefficient (Wildman–Crippen LogP) is 3.12. The summed E-state index contributed by atoms with van der Waals surface area (Å²) in [5.74, 6) is 0. The molecule has 0 aliphatic heterocycles. The molecule has 0 aliphatic carbocycles. The van der Waals surface area contributed by atoms with Gasteiger partial charge in [0.25, 0.3) is 0 Å². The van der Waals surface area contributed by atoms with E-state index < -0.39 is 6.09 Å². The van der Waals surface area contributed by atoms with E-state index in [1.54, 1.807) is 6.92 Å². The van der Waals surface area contributed by atoms with E-state index >= 15 is 0 Å².